The van der Waals surface area contributed by atoms with Crippen molar-refractivity contribution in [2.75, 3.05) is 13.2 Å². The number of alkyl halides is 1. The number of esters is 2. The highest BCUT2D eigenvalue weighted by Crippen LogP contribution is 2.26. The number of hydrogen-bond acceptors (Lipinski definition) is 4. The Kier molecular flexibility index (Phi) is 9.06. The standard InChI is InChI=1S/C13H23BrO4/c1-4-7-9-17-11(15)13(14,6-3)12(16)18-10-8-5-2/h4-10H2,1-3H3. The van der Waals surface area contributed by atoms with Crippen LogP contribution in [0.15, 0.2) is 0 Å². The molecule has 0 radical (unpaired) electrons. The van der Waals surface area contributed by atoms with Crippen molar-refractivity contribution in [3.63, 3.8) is 0 Å². The van der Waals surface area contributed by atoms with Crippen molar-refractivity contribution < 1.29 is 19.1 Å². The third-order valence-electron chi connectivity index (χ3n) is 2.60. The van der Waals surface area contributed by atoms with Crippen LogP contribution in [0.25, 0.3) is 0 Å². The lowest BCUT2D eigenvalue weighted by Gasteiger charge is -2.22. The van der Waals surface area contributed by atoms with Gasteiger partial charge in [0, 0.05) is 0 Å². The van der Waals surface area contributed by atoms with Gasteiger partial charge in [-0.1, -0.05) is 49.5 Å². The zero-order chi connectivity index (χ0) is 14.0. The van der Waals surface area contributed by atoms with Crippen LogP contribution < -0.4 is 0 Å². The van der Waals surface area contributed by atoms with Crippen molar-refractivity contribution in [2.45, 2.75) is 57.2 Å². The quantitative estimate of drug-likeness (QED) is 0.283. The molecule has 106 valence electrons. The van der Waals surface area contributed by atoms with Crippen molar-refractivity contribution in [3.05, 3.63) is 0 Å². The number of carbonyl (C=O) groups is 2. The van der Waals surface area contributed by atoms with E-state index in [0.29, 0.717) is 19.6 Å². The monoisotopic (exact) mass is 322 g/mol. The first kappa shape index (κ1) is 17.4. The van der Waals surface area contributed by atoms with E-state index in [2.05, 4.69) is 15.9 Å². The molecule has 0 fully saturated rings. The minimum absolute atomic E-state index is 0.308. The highest BCUT2D eigenvalue weighted by Gasteiger charge is 2.45. The van der Waals surface area contributed by atoms with Gasteiger partial charge < -0.3 is 9.47 Å². The van der Waals surface area contributed by atoms with E-state index in [1.54, 1.807) is 6.92 Å². The van der Waals surface area contributed by atoms with Gasteiger partial charge in [0.05, 0.1) is 13.2 Å². The fourth-order valence-corrected chi connectivity index (χ4v) is 1.45. The molecule has 0 aromatic heterocycles. The summed E-state index contributed by atoms with van der Waals surface area (Å²) in [5.74, 6) is -1.11. The van der Waals surface area contributed by atoms with E-state index in [0.717, 1.165) is 25.7 Å². The molecule has 0 aliphatic rings. The van der Waals surface area contributed by atoms with E-state index in [1.807, 2.05) is 13.8 Å². The van der Waals surface area contributed by atoms with Gasteiger partial charge in [0.25, 0.3) is 0 Å². The summed E-state index contributed by atoms with van der Waals surface area (Å²) in [6, 6.07) is 0. The Hall–Kier alpha value is -0.580. The van der Waals surface area contributed by atoms with Gasteiger partial charge in [-0.2, -0.15) is 0 Å². The van der Waals surface area contributed by atoms with E-state index in [1.165, 1.54) is 0 Å². The van der Waals surface area contributed by atoms with Crippen LogP contribution >= 0.6 is 15.9 Å². The van der Waals surface area contributed by atoms with Crippen LogP contribution in [0.5, 0.6) is 0 Å². The Labute approximate surface area is 118 Å². The van der Waals surface area contributed by atoms with Crippen LogP contribution in [-0.4, -0.2) is 29.5 Å². The third-order valence-corrected chi connectivity index (χ3v) is 3.80. The Morgan fingerprint density at radius 2 is 1.33 bits per heavy atom. The zero-order valence-corrected chi connectivity index (χ0v) is 13.0. The number of hydrogen-bond donors (Lipinski definition) is 0. The minimum atomic E-state index is -1.35. The van der Waals surface area contributed by atoms with Gasteiger partial charge in [0.1, 0.15) is 0 Å². The molecule has 0 rings (SSSR count). The van der Waals surface area contributed by atoms with Gasteiger partial charge >= 0.3 is 11.9 Å². The first-order valence-corrected chi connectivity index (χ1v) is 7.35. The van der Waals surface area contributed by atoms with Gasteiger partial charge in [-0.3, -0.25) is 0 Å². The summed E-state index contributed by atoms with van der Waals surface area (Å²) in [6.45, 7) is 6.44. The molecule has 0 aliphatic carbocycles. The predicted molar refractivity (Wildman–Crippen MR) is 73.7 cm³/mol. The maximum atomic E-state index is 11.9. The van der Waals surface area contributed by atoms with Gasteiger partial charge in [-0.25, -0.2) is 9.59 Å². The lowest BCUT2D eigenvalue weighted by atomic mass is 10.1. The molecule has 5 heteroatoms. The molecule has 0 aliphatic heterocycles. The Morgan fingerprint density at radius 1 is 0.944 bits per heavy atom. The van der Waals surface area contributed by atoms with E-state index < -0.39 is 16.3 Å². The van der Waals surface area contributed by atoms with Crippen molar-refractivity contribution in [1.82, 2.24) is 0 Å². The van der Waals surface area contributed by atoms with Crippen molar-refractivity contribution in [1.29, 1.82) is 0 Å². The second-order valence-electron chi connectivity index (χ2n) is 4.13. The first-order valence-electron chi connectivity index (χ1n) is 6.56. The molecular formula is C13H23BrO4. The number of unbranched alkanes of at least 4 members (excludes halogenated alkanes) is 2. The van der Waals surface area contributed by atoms with Gasteiger partial charge in [0.2, 0.25) is 4.32 Å². The fraction of sp³-hybridized carbons (Fsp3) is 0.846. The summed E-state index contributed by atoms with van der Waals surface area (Å²) < 4.78 is 8.81. The third kappa shape index (κ3) is 5.38. The topological polar surface area (TPSA) is 52.6 Å². The molecular weight excluding hydrogens is 300 g/mol. The average Bonchev–Trinajstić information content (AvgIpc) is 2.38. The molecule has 18 heavy (non-hydrogen) atoms. The zero-order valence-electron chi connectivity index (χ0n) is 11.5. The lowest BCUT2D eigenvalue weighted by molar-refractivity contribution is -0.159. The van der Waals surface area contributed by atoms with E-state index in [4.69, 9.17) is 9.47 Å². The van der Waals surface area contributed by atoms with E-state index in [9.17, 15) is 9.59 Å². The predicted octanol–water partition coefficient (Wildman–Crippen LogP) is 3.22. The fourth-order valence-electron chi connectivity index (χ4n) is 1.22. The molecule has 0 N–H and O–H groups in total. The summed E-state index contributed by atoms with van der Waals surface area (Å²) in [4.78, 5) is 23.8. The van der Waals surface area contributed by atoms with Crippen molar-refractivity contribution in [3.8, 4) is 0 Å². The lowest BCUT2D eigenvalue weighted by Crippen LogP contribution is -2.43. The largest absolute Gasteiger partial charge is 0.464 e. The second kappa shape index (κ2) is 9.36. The smallest absolute Gasteiger partial charge is 0.334 e. The van der Waals surface area contributed by atoms with Crippen LogP contribution in [0, 0.1) is 0 Å². The highest BCUT2D eigenvalue weighted by molar-refractivity contribution is 9.10. The number of ether oxygens (including phenoxy) is 2. The summed E-state index contributed by atoms with van der Waals surface area (Å²) in [5.41, 5.74) is 0. The second-order valence-corrected chi connectivity index (χ2v) is 5.49. The van der Waals surface area contributed by atoms with Gasteiger partial charge in [-0.05, 0) is 19.3 Å². The Morgan fingerprint density at radius 3 is 1.61 bits per heavy atom. The maximum absolute atomic E-state index is 11.9. The average molecular weight is 323 g/mol. The summed E-state index contributed by atoms with van der Waals surface area (Å²) >= 11 is 3.17. The molecule has 0 saturated heterocycles. The minimum Gasteiger partial charge on any atom is -0.464 e. The van der Waals surface area contributed by atoms with Gasteiger partial charge in [-0.15, -0.1) is 0 Å². The number of rotatable bonds is 9. The van der Waals surface area contributed by atoms with Crippen LogP contribution in [0.4, 0.5) is 0 Å². The van der Waals surface area contributed by atoms with E-state index >= 15 is 0 Å². The van der Waals surface area contributed by atoms with Crippen molar-refractivity contribution >= 4 is 27.9 Å². The van der Waals surface area contributed by atoms with Gasteiger partial charge in [0.15, 0.2) is 0 Å². The molecule has 4 nitrogen and oxygen atoms in total. The molecule has 0 bridgehead atoms. The molecule has 0 heterocycles. The first-order chi connectivity index (χ1) is 8.52. The van der Waals surface area contributed by atoms with Crippen LogP contribution in [0.1, 0.15) is 52.9 Å². The van der Waals surface area contributed by atoms with Crippen LogP contribution in [0.3, 0.4) is 0 Å². The van der Waals surface area contributed by atoms with E-state index in [-0.39, 0.29) is 0 Å². The molecule has 0 saturated carbocycles. The summed E-state index contributed by atoms with van der Waals surface area (Å²) in [7, 11) is 0. The molecule has 0 atom stereocenters. The molecule has 0 aromatic carbocycles. The highest BCUT2D eigenvalue weighted by atomic mass is 79.9. The summed E-state index contributed by atoms with van der Waals surface area (Å²) in [6.07, 6.45) is 3.78. The molecule has 0 aromatic rings. The van der Waals surface area contributed by atoms with Crippen LogP contribution in [-0.2, 0) is 19.1 Å². The molecule has 0 unspecified atom stereocenters. The normalized spacial score (nSPS) is 11.1. The number of carbonyl (C=O) groups excluding carboxylic acids is 2. The SMILES string of the molecule is CCCCOC(=O)C(Br)(CC)C(=O)OCCCC. The Balaban J connectivity index is 4.37. The molecule has 0 spiro atoms. The van der Waals surface area contributed by atoms with Crippen LogP contribution in [0.2, 0.25) is 0 Å². The number of halogens is 1. The molecule has 0 amide bonds. The maximum Gasteiger partial charge on any atom is 0.334 e. The Bertz CT molecular complexity index is 244. The van der Waals surface area contributed by atoms with Crippen molar-refractivity contribution in [2.24, 2.45) is 0 Å². The summed E-state index contributed by atoms with van der Waals surface area (Å²) in [5, 5.41) is 0.